The maximum atomic E-state index is 12.8. The fourth-order valence-corrected chi connectivity index (χ4v) is 4.40. The van der Waals surface area contributed by atoms with Crippen molar-refractivity contribution in [3.63, 3.8) is 0 Å². The number of hydrogen-bond acceptors (Lipinski definition) is 6. The molecule has 1 heterocycles. The van der Waals surface area contributed by atoms with Crippen LogP contribution in [0.15, 0.2) is 64.6 Å². The van der Waals surface area contributed by atoms with Gasteiger partial charge in [-0.05, 0) is 66.1 Å². The molecule has 1 aliphatic heterocycles. The Bertz CT molecular complexity index is 1070. The van der Waals surface area contributed by atoms with Gasteiger partial charge in [0.1, 0.15) is 6.04 Å². The molecule has 3 amide bonds. The van der Waals surface area contributed by atoms with Gasteiger partial charge in [-0.1, -0.05) is 41.9 Å². The van der Waals surface area contributed by atoms with Crippen LogP contribution in [-0.2, 0) is 9.59 Å². The number of thioether (sulfide) groups is 2. The molecule has 1 saturated heterocycles. The highest BCUT2D eigenvalue weighted by Gasteiger charge is 2.31. The number of hydrazone groups is 1. The van der Waals surface area contributed by atoms with E-state index in [2.05, 4.69) is 15.8 Å². The first kappa shape index (κ1) is 24.9. The second-order valence-electron chi connectivity index (χ2n) is 7.07. The Morgan fingerprint density at radius 1 is 1.18 bits per heavy atom. The van der Waals surface area contributed by atoms with Crippen molar-refractivity contribution >= 4 is 64.1 Å². The molecule has 2 aromatic carbocycles. The van der Waals surface area contributed by atoms with Crippen LogP contribution in [0.4, 0.5) is 0 Å². The lowest BCUT2D eigenvalue weighted by Gasteiger charge is -2.17. The third kappa shape index (κ3) is 6.86. The quantitative estimate of drug-likeness (QED) is 0.423. The fraction of sp³-hybridized carbons (Fsp3) is 0.217. The van der Waals surface area contributed by atoms with E-state index in [4.69, 9.17) is 11.6 Å². The summed E-state index contributed by atoms with van der Waals surface area (Å²) in [7, 11) is 1.59. The zero-order valence-corrected chi connectivity index (χ0v) is 20.5. The van der Waals surface area contributed by atoms with Gasteiger partial charge < -0.3 is 5.32 Å². The van der Waals surface area contributed by atoms with Gasteiger partial charge in [0.05, 0.1) is 4.91 Å². The van der Waals surface area contributed by atoms with E-state index in [1.165, 1.54) is 4.90 Å². The van der Waals surface area contributed by atoms with E-state index in [9.17, 15) is 14.4 Å². The van der Waals surface area contributed by atoms with Crippen molar-refractivity contribution in [2.45, 2.75) is 12.5 Å². The molecule has 0 aliphatic carbocycles. The van der Waals surface area contributed by atoms with Gasteiger partial charge in [-0.2, -0.15) is 11.8 Å². The van der Waals surface area contributed by atoms with Crippen LogP contribution in [0, 0.1) is 0 Å². The molecule has 7 nitrogen and oxygen atoms in total. The van der Waals surface area contributed by atoms with Gasteiger partial charge in [-0.25, -0.2) is 5.43 Å². The average Bonchev–Trinajstić information content (AvgIpc) is 3.09. The zero-order chi connectivity index (χ0) is 23.8. The Morgan fingerprint density at radius 3 is 2.55 bits per heavy atom. The van der Waals surface area contributed by atoms with Crippen molar-refractivity contribution in [1.29, 1.82) is 0 Å². The van der Waals surface area contributed by atoms with Crippen LogP contribution in [0.1, 0.15) is 22.3 Å². The normalized spacial score (nSPS) is 16.8. The number of halogens is 1. The van der Waals surface area contributed by atoms with Gasteiger partial charge >= 0.3 is 0 Å². The number of amidine groups is 1. The minimum Gasteiger partial charge on any atom is -0.340 e. The van der Waals surface area contributed by atoms with Gasteiger partial charge in [0.25, 0.3) is 17.7 Å². The summed E-state index contributed by atoms with van der Waals surface area (Å²) in [5, 5.41) is 7.85. The molecule has 2 aromatic rings. The van der Waals surface area contributed by atoms with E-state index in [1.54, 1.807) is 61.3 Å². The summed E-state index contributed by atoms with van der Waals surface area (Å²) < 4.78 is 0. The number of hydrogen-bond donors (Lipinski definition) is 2. The van der Waals surface area contributed by atoms with Crippen LogP contribution in [0.3, 0.4) is 0 Å². The summed E-state index contributed by atoms with van der Waals surface area (Å²) in [6.07, 6.45) is 4.12. The average molecular weight is 503 g/mol. The Balaban J connectivity index is 1.68. The van der Waals surface area contributed by atoms with E-state index < -0.39 is 11.9 Å². The molecule has 10 heteroatoms. The van der Waals surface area contributed by atoms with Crippen molar-refractivity contribution in [2.24, 2.45) is 5.10 Å². The second-order valence-corrected chi connectivity index (χ2v) is 9.50. The molecule has 0 spiro atoms. The molecule has 0 bridgehead atoms. The number of nitrogens with one attached hydrogen (secondary N) is 2. The first-order chi connectivity index (χ1) is 15.9. The fourth-order valence-electron chi connectivity index (χ4n) is 2.88. The van der Waals surface area contributed by atoms with Gasteiger partial charge in [-0.15, -0.1) is 5.10 Å². The Kier molecular flexibility index (Phi) is 8.99. The van der Waals surface area contributed by atoms with Crippen LogP contribution >= 0.6 is 35.1 Å². The van der Waals surface area contributed by atoms with Crippen molar-refractivity contribution in [1.82, 2.24) is 15.6 Å². The lowest BCUT2D eigenvalue weighted by Crippen LogP contribution is -2.46. The number of benzene rings is 2. The highest BCUT2D eigenvalue weighted by molar-refractivity contribution is 8.18. The molecule has 1 fully saturated rings. The standard InChI is InChI=1S/C23H23ClN4O3S2/c1-28-22(31)19(14-15-8-10-17(24)11-9-15)33-23(28)27-26-21(30)18(12-13-32-2)25-20(29)16-6-4-3-5-7-16/h3-11,14,18H,12-13H2,1-2H3,(H,25,29)(H,26,30)/b19-14+,27-23-. The third-order valence-electron chi connectivity index (χ3n) is 4.70. The smallest absolute Gasteiger partial charge is 0.266 e. The molecular formula is C23H23ClN4O3S2. The molecule has 0 radical (unpaired) electrons. The molecule has 1 atom stereocenters. The number of carbonyl (C=O) groups excluding carboxylic acids is 3. The maximum absolute atomic E-state index is 12.8. The van der Waals surface area contributed by atoms with Crippen LogP contribution in [-0.4, -0.2) is 52.9 Å². The van der Waals surface area contributed by atoms with Crippen molar-refractivity contribution in [3.8, 4) is 0 Å². The summed E-state index contributed by atoms with van der Waals surface area (Å²) in [5.74, 6) is -0.318. The molecule has 33 heavy (non-hydrogen) atoms. The maximum Gasteiger partial charge on any atom is 0.266 e. The van der Waals surface area contributed by atoms with Gasteiger partial charge in [-0.3, -0.25) is 19.3 Å². The number of carbonyl (C=O) groups is 3. The highest BCUT2D eigenvalue weighted by Crippen LogP contribution is 2.31. The number of rotatable bonds is 8. The number of amides is 3. The second kappa shape index (κ2) is 11.9. The number of likely N-dealkylation sites (N-methyl/N-ethyl adjacent to an activating group) is 1. The third-order valence-corrected chi connectivity index (χ3v) is 6.66. The SMILES string of the molecule is CSCCC(NC(=O)c1ccccc1)C(=O)N/N=C1\S/C(=C/c2ccc(Cl)cc2)C(=O)N1C. The van der Waals surface area contributed by atoms with Crippen molar-refractivity contribution in [3.05, 3.63) is 75.7 Å². The summed E-state index contributed by atoms with van der Waals surface area (Å²) in [5.41, 5.74) is 3.80. The largest absolute Gasteiger partial charge is 0.340 e. The van der Waals surface area contributed by atoms with E-state index in [-0.39, 0.29) is 11.8 Å². The van der Waals surface area contributed by atoms with Gasteiger partial charge in [0, 0.05) is 17.6 Å². The van der Waals surface area contributed by atoms with Crippen molar-refractivity contribution < 1.29 is 14.4 Å². The molecule has 0 aromatic heterocycles. The minimum atomic E-state index is -0.758. The molecule has 1 aliphatic rings. The predicted molar refractivity (Wildman–Crippen MR) is 136 cm³/mol. The highest BCUT2D eigenvalue weighted by atomic mass is 35.5. The first-order valence-corrected chi connectivity index (χ1v) is 12.6. The first-order valence-electron chi connectivity index (χ1n) is 10.0. The van der Waals surface area contributed by atoms with Gasteiger partial charge in [0.2, 0.25) is 0 Å². The molecule has 1 unspecified atom stereocenters. The Morgan fingerprint density at radius 2 is 1.88 bits per heavy atom. The zero-order valence-electron chi connectivity index (χ0n) is 18.1. The van der Waals surface area contributed by atoms with E-state index in [0.717, 1.165) is 17.3 Å². The summed E-state index contributed by atoms with van der Waals surface area (Å²) >= 11 is 8.64. The molecule has 172 valence electrons. The molecule has 0 saturated carbocycles. The summed E-state index contributed by atoms with van der Waals surface area (Å²) in [4.78, 5) is 39.7. The summed E-state index contributed by atoms with van der Waals surface area (Å²) in [6, 6.07) is 15.1. The van der Waals surface area contributed by atoms with Gasteiger partial charge in [0.15, 0.2) is 5.17 Å². The molecule has 2 N–H and O–H groups in total. The monoisotopic (exact) mass is 502 g/mol. The lowest BCUT2D eigenvalue weighted by molar-refractivity contribution is -0.123. The minimum absolute atomic E-state index is 0.223. The Hall–Kier alpha value is -2.75. The molecule has 3 rings (SSSR count). The number of nitrogens with zero attached hydrogens (tertiary/aromatic N) is 2. The van der Waals surface area contributed by atoms with Crippen LogP contribution in [0.25, 0.3) is 6.08 Å². The Labute approximate surface area is 206 Å². The molecular weight excluding hydrogens is 480 g/mol. The topological polar surface area (TPSA) is 90.9 Å². The van der Waals surface area contributed by atoms with E-state index in [0.29, 0.717) is 32.8 Å². The van der Waals surface area contributed by atoms with Crippen LogP contribution in [0.2, 0.25) is 5.02 Å². The lowest BCUT2D eigenvalue weighted by atomic mass is 10.1. The summed E-state index contributed by atoms with van der Waals surface area (Å²) in [6.45, 7) is 0. The van der Waals surface area contributed by atoms with E-state index >= 15 is 0 Å². The van der Waals surface area contributed by atoms with E-state index in [1.807, 2.05) is 24.5 Å². The van der Waals surface area contributed by atoms with Crippen LogP contribution < -0.4 is 10.7 Å². The predicted octanol–water partition coefficient (Wildman–Crippen LogP) is 3.83. The van der Waals surface area contributed by atoms with Crippen molar-refractivity contribution in [2.75, 3.05) is 19.1 Å². The van der Waals surface area contributed by atoms with Crippen LogP contribution in [0.5, 0.6) is 0 Å².